The average molecular weight is 320 g/mol. The number of nitrogens with one attached hydrogen (secondary N) is 2. The second-order valence-electron chi connectivity index (χ2n) is 5.58. The van der Waals surface area contributed by atoms with Gasteiger partial charge in [-0.15, -0.1) is 11.3 Å². The normalized spacial score (nSPS) is 22.2. The van der Waals surface area contributed by atoms with Gasteiger partial charge in [0.1, 0.15) is 26.2 Å². The van der Waals surface area contributed by atoms with Crippen LogP contribution < -0.4 is 9.80 Å². The molecule has 3 rings (SSSR count). The molecule has 1 aliphatic heterocycles. The Labute approximate surface area is 133 Å². The van der Waals surface area contributed by atoms with Crippen molar-refractivity contribution in [2.24, 2.45) is 0 Å². The maximum absolute atomic E-state index is 8.67. The van der Waals surface area contributed by atoms with Crippen molar-refractivity contribution in [2.45, 2.75) is 13.1 Å². The number of hydrogen-bond acceptors (Lipinski definition) is 3. The van der Waals surface area contributed by atoms with E-state index in [0.717, 1.165) is 43.3 Å². The molecule has 21 heavy (non-hydrogen) atoms. The Morgan fingerprint density at radius 3 is 2.67 bits per heavy atom. The molecule has 4 nitrogen and oxygen atoms in total. The summed E-state index contributed by atoms with van der Waals surface area (Å²) >= 11 is 7.23. The van der Waals surface area contributed by atoms with Crippen LogP contribution in [0.4, 0.5) is 0 Å². The van der Waals surface area contributed by atoms with Crippen LogP contribution in [0, 0.1) is 15.3 Å². The van der Waals surface area contributed by atoms with Crippen LogP contribution in [0.2, 0.25) is 0 Å². The Kier molecular flexibility index (Phi) is 4.66. The highest BCUT2D eigenvalue weighted by atomic mass is 32.1. The first-order valence-corrected chi connectivity index (χ1v) is 8.63. The van der Waals surface area contributed by atoms with Gasteiger partial charge in [0.2, 0.25) is 0 Å². The van der Waals surface area contributed by atoms with Crippen molar-refractivity contribution in [3.8, 4) is 6.07 Å². The molecule has 1 aromatic carbocycles. The Morgan fingerprint density at radius 1 is 1.19 bits per heavy atom. The fraction of sp³-hybridized carbons (Fsp3) is 0.467. The van der Waals surface area contributed by atoms with E-state index in [1.54, 1.807) is 21.1 Å². The quantitative estimate of drug-likeness (QED) is 0.784. The van der Waals surface area contributed by atoms with Crippen LogP contribution >= 0.6 is 23.6 Å². The molecule has 2 heterocycles. The van der Waals surface area contributed by atoms with Crippen molar-refractivity contribution in [3.05, 3.63) is 28.2 Å². The predicted molar refractivity (Wildman–Crippen MR) is 87.1 cm³/mol. The second-order valence-corrected chi connectivity index (χ2v) is 7.26. The minimum Gasteiger partial charge on any atom is -0.325 e. The van der Waals surface area contributed by atoms with Gasteiger partial charge >= 0.3 is 0 Å². The number of fused-ring (bicyclic) bond motifs is 1. The summed E-state index contributed by atoms with van der Waals surface area (Å²) in [6, 6.07) is 10.7. The Bertz CT molecular complexity index is 704. The summed E-state index contributed by atoms with van der Waals surface area (Å²) < 4.78 is 4.54. The van der Waals surface area contributed by atoms with E-state index >= 15 is 0 Å². The molecule has 2 N–H and O–H groups in total. The molecule has 110 valence electrons. The summed E-state index contributed by atoms with van der Waals surface area (Å²) in [6.45, 7) is 6.59. The zero-order chi connectivity index (χ0) is 14.7. The molecule has 1 aliphatic rings. The number of nitriles is 1. The number of para-hydroxylation sites is 1. The number of nitrogens with zero attached hydrogens (tertiary/aromatic N) is 2. The second kappa shape index (κ2) is 6.67. The van der Waals surface area contributed by atoms with Crippen LogP contribution in [0.1, 0.15) is 6.42 Å². The van der Waals surface area contributed by atoms with Crippen LogP contribution in [-0.2, 0) is 6.67 Å². The molecule has 1 saturated heterocycles. The van der Waals surface area contributed by atoms with Gasteiger partial charge in [0.15, 0.2) is 10.6 Å². The zero-order valence-corrected chi connectivity index (χ0v) is 13.6. The lowest BCUT2D eigenvalue weighted by molar-refractivity contribution is -1.02. The first-order valence-electron chi connectivity index (χ1n) is 7.40. The number of benzene rings is 1. The topological polar surface area (TPSA) is 37.6 Å². The Morgan fingerprint density at radius 2 is 1.90 bits per heavy atom. The number of quaternary nitrogens is 2. The third-order valence-corrected chi connectivity index (χ3v) is 5.64. The number of thiazole rings is 1. The smallest absolute Gasteiger partial charge is 0.166 e. The van der Waals surface area contributed by atoms with Gasteiger partial charge in [0.25, 0.3) is 0 Å². The maximum atomic E-state index is 8.67. The zero-order valence-electron chi connectivity index (χ0n) is 12.0. The van der Waals surface area contributed by atoms with E-state index in [2.05, 4.69) is 34.9 Å². The fourth-order valence-electron chi connectivity index (χ4n) is 2.99. The van der Waals surface area contributed by atoms with Crippen molar-refractivity contribution in [2.75, 3.05) is 32.7 Å². The minimum atomic E-state index is 0.672. The van der Waals surface area contributed by atoms with Crippen molar-refractivity contribution in [1.82, 2.24) is 4.57 Å². The molecule has 0 bridgehead atoms. The minimum absolute atomic E-state index is 0.672. The molecular formula is C15H20N4S2+2. The molecule has 0 spiro atoms. The number of rotatable bonds is 4. The van der Waals surface area contributed by atoms with E-state index in [9.17, 15) is 0 Å². The first-order chi connectivity index (χ1) is 10.3. The van der Waals surface area contributed by atoms with Gasteiger partial charge in [-0.05, 0) is 24.4 Å². The van der Waals surface area contributed by atoms with Crippen molar-refractivity contribution >= 4 is 33.8 Å². The van der Waals surface area contributed by atoms with Crippen LogP contribution in [0.15, 0.2) is 24.3 Å². The van der Waals surface area contributed by atoms with E-state index in [1.165, 1.54) is 10.2 Å². The molecule has 0 atom stereocenters. The van der Waals surface area contributed by atoms with Crippen molar-refractivity contribution < 1.29 is 9.80 Å². The summed E-state index contributed by atoms with van der Waals surface area (Å²) in [5.74, 6) is 0. The summed E-state index contributed by atoms with van der Waals surface area (Å²) in [4.78, 5) is 3.16. The predicted octanol–water partition coefficient (Wildman–Crippen LogP) is 0.0869. The van der Waals surface area contributed by atoms with Crippen LogP contribution in [-0.4, -0.2) is 37.3 Å². The van der Waals surface area contributed by atoms with Crippen LogP contribution in [0.3, 0.4) is 0 Å². The summed E-state index contributed by atoms with van der Waals surface area (Å²) in [7, 11) is 0. The maximum Gasteiger partial charge on any atom is 0.166 e. The third-order valence-electron chi connectivity index (χ3n) is 4.21. The van der Waals surface area contributed by atoms with E-state index in [0.29, 0.717) is 6.42 Å². The molecule has 2 aromatic rings. The number of hydrogen-bond donors (Lipinski definition) is 2. The average Bonchev–Trinajstić information content (AvgIpc) is 2.83. The summed E-state index contributed by atoms with van der Waals surface area (Å²) in [5.41, 5.74) is 1.26. The summed E-state index contributed by atoms with van der Waals surface area (Å²) in [5, 5.41) is 8.67. The monoisotopic (exact) mass is 320 g/mol. The largest absolute Gasteiger partial charge is 0.325 e. The molecule has 1 fully saturated rings. The fourth-order valence-corrected chi connectivity index (χ4v) is 4.31. The lowest BCUT2D eigenvalue weighted by atomic mass is 10.3. The van der Waals surface area contributed by atoms with E-state index in [1.807, 2.05) is 0 Å². The van der Waals surface area contributed by atoms with Gasteiger partial charge in [-0.3, -0.25) is 4.57 Å². The SMILES string of the molecule is N#CCC[NH+]1CC[NH+](Cn2c(=S)sc3ccccc32)CC1. The van der Waals surface area contributed by atoms with Gasteiger partial charge in [0.05, 0.1) is 29.3 Å². The highest BCUT2D eigenvalue weighted by Crippen LogP contribution is 2.21. The number of piperazine rings is 1. The van der Waals surface area contributed by atoms with E-state index < -0.39 is 0 Å². The molecular weight excluding hydrogens is 300 g/mol. The number of aromatic nitrogens is 1. The standard InChI is InChI=1S/C15H18N4S2/c16-6-3-7-17-8-10-18(11-9-17)12-19-13-4-1-2-5-14(13)21-15(19)20/h1-2,4-5H,3,7-12H2/p+2. The molecule has 0 saturated carbocycles. The summed E-state index contributed by atoms with van der Waals surface area (Å²) in [6.07, 6.45) is 0.672. The first kappa shape index (κ1) is 14.7. The van der Waals surface area contributed by atoms with E-state index in [4.69, 9.17) is 17.5 Å². The van der Waals surface area contributed by atoms with Gasteiger partial charge < -0.3 is 9.80 Å². The van der Waals surface area contributed by atoms with Gasteiger partial charge in [0, 0.05) is 0 Å². The lowest BCUT2D eigenvalue weighted by Gasteiger charge is -2.29. The van der Waals surface area contributed by atoms with Gasteiger partial charge in [-0.2, -0.15) is 5.26 Å². The van der Waals surface area contributed by atoms with Crippen LogP contribution in [0.5, 0.6) is 0 Å². The van der Waals surface area contributed by atoms with Gasteiger partial charge in [-0.1, -0.05) is 12.1 Å². The van der Waals surface area contributed by atoms with Crippen LogP contribution in [0.25, 0.3) is 10.2 Å². The molecule has 1 aromatic heterocycles. The van der Waals surface area contributed by atoms with Gasteiger partial charge in [-0.25, -0.2) is 0 Å². The highest BCUT2D eigenvalue weighted by Gasteiger charge is 2.23. The Balaban J connectivity index is 1.66. The third kappa shape index (κ3) is 3.33. The highest BCUT2D eigenvalue weighted by molar-refractivity contribution is 7.73. The molecule has 0 aliphatic carbocycles. The lowest BCUT2D eigenvalue weighted by Crippen LogP contribution is -3.27. The van der Waals surface area contributed by atoms with Crippen molar-refractivity contribution in [1.29, 1.82) is 5.26 Å². The molecule has 6 heteroatoms. The Hall–Kier alpha value is -1.26. The van der Waals surface area contributed by atoms with Crippen molar-refractivity contribution in [3.63, 3.8) is 0 Å². The molecule has 0 unspecified atom stereocenters. The molecule has 0 radical (unpaired) electrons. The van der Waals surface area contributed by atoms with E-state index in [-0.39, 0.29) is 0 Å². The molecule has 0 amide bonds.